The van der Waals surface area contributed by atoms with Gasteiger partial charge >= 0.3 is 7.12 Å². The van der Waals surface area contributed by atoms with Crippen molar-refractivity contribution in [1.82, 2.24) is 9.97 Å². The zero-order valence-corrected chi connectivity index (χ0v) is 12.1. The number of anilines is 1. The van der Waals surface area contributed by atoms with Gasteiger partial charge in [0.1, 0.15) is 0 Å². The first-order valence-electron chi connectivity index (χ1n) is 6.28. The van der Waals surface area contributed by atoms with Gasteiger partial charge in [0, 0.05) is 17.4 Å². The summed E-state index contributed by atoms with van der Waals surface area (Å²) in [5.41, 5.74) is 4.58. The summed E-state index contributed by atoms with van der Waals surface area (Å²) in [7, 11) is -1.21. The van der Waals surface area contributed by atoms with E-state index in [9.17, 15) is 10.1 Å². The summed E-state index contributed by atoms with van der Waals surface area (Å²) < 4.78 is 5.56. The molecule has 0 aromatic carbocycles. The molecule has 0 spiro atoms. The molecule has 0 unspecified atom stereocenters. The molecule has 1 aromatic rings. The Labute approximate surface area is 114 Å². The Bertz CT molecular complexity index is 446. The fraction of sp³-hybridized carbons (Fsp3) is 0.667. The summed E-state index contributed by atoms with van der Waals surface area (Å²) >= 11 is 0. The third-order valence-electron chi connectivity index (χ3n) is 3.40. The van der Waals surface area contributed by atoms with Crippen LogP contribution in [-0.2, 0) is 11.1 Å². The molecule has 6 nitrogen and oxygen atoms in total. The van der Waals surface area contributed by atoms with E-state index in [0.717, 1.165) is 0 Å². The van der Waals surface area contributed by atoms with Gasteiger partial charge in [-0.1, -0.05) is 6.92 Å². The van der Waals surface area contributed by atoms with Crippen molar-refractivity contribution in [2.45, 2.75) is 52.2 Å². The highest BCUT2D eigenvalue weighted by atomic mass is 16.5. The van der Waals surface area contributed by atoms with E-state index in [4.69, 9.17) is 10.4 Å². The molecule has 0 bridgehead atoms. The second-order valence-corrected chi connectivity index (χ2v) is 5.52. The number of nitrogens with two attached hydrogens (primary N) is 1. The van der Waals surface area contributed by atoms with Crippen molar-refractivity contribution in [2.24, 2.45) is 0 Å². The van der Waals surface area contributed by atoms with Crippen LogP contribution in [0.2, 0.25) is 0 Å². The number of nitrogen functional groups attached to an aromatic ring is 1. The van der Waals surface area contributed by atoms with Crippen molar-refractivity contribution in [2.75, 3.05) is 5.73 Å². The molecule has 0 saturated carbocycles. The minimum atomic E-state index is -1.21. The van der Waals surface area contributed by atoms with Crippen molar-refractivity contribution in [3.8, 4) is 0 Å². The second kappa shape index (κ2) is 5.44. The van der Waals surface area contributed by atoms with Crippen LogP contribution >= 0.6 is 0 Å². The molecule has 0 aliphatic carbocycles. The topological polar surface area (TPSA) is 101 Å². The van der Waals surface area contributed by atoms with Gasteiger partial charge in [-0.25, -0.2) is 9.97 Å². The molecule has 1 heterocycles. The maximum atomic E-state index is 10.2. The average Bonchev–Trinajstić information content (AvgIpc) is 2.26. The molecular formula is C12H22BN3O3. The van der Waals surface area contributed by atoms with Gasteiger partial charge in [-0.15, -0.1) is 0 Å². The molecule has 0 amide bonds. The van der Waals surface area contributed by atoms with E-state index in [0.29, 0.717) is 17.6 Å². The number of rotatable bonds is 5. The number of nitrogens with zero attached hydrogens (tertiary/aromatic N) is 2. The summed E-state index contributed by atoms with van der Waals surface area (Å²) in [4.78, 5) is 7.93. The molecule has 0 atom stereocenters. The molecule has 4 N–H and O–H groups in total. The van der Waals surface area contributed by atoms with E-state index in [1.165, 1.54) is 6.20 Å². The van der Waals surface area contributed by atoms with Gasteiger partial charge in [-0.3, -0.25) is 0 Å². The minimum absolute atomic E-state index is 0.162. The SMILES string of the molecule is CCc1nc(N)ncc1B(O)OC(C)(C)C(C)(C)O. The van der Waals surface area contributed by atoms with Gasteiger partial charge in [0.15, 0.2) is 0 Å². The molecule has 0 aliphatic heterocycles. The molecule has 0 radical (unpaired) electrons. The van der Waals surface area contributed by atoms with Crippen molar-refractivity contribution in [3.63, 3.8) is 0 Å². The van der Waals surface area contributed by atoms with Crippen LogP contribution < -0.4 is 11.2 Å². The molecule has 0 saturated heterocycles. The largest absolute Gasteiger partial charge is 0.495 e. The zero-order valence-electron chi connectivity index (χ0n) is 12.1. The number of aromatic nitrogens is 2. The molecule has 7 heteroatoms. The Morgan fingerprint density at radius 1 is 1.37 bits per heavy atom. The van der Waals surface area contributed by atoms with Gasteiger partial charge in [0.05, 0.1) is 11.2 Å². The van der Waals surface area contributed by atoms with E-state index in [2.05, 4.69) is 9.97 Å². The van der Waals surface area contributed by atoms with E-state index in [-0.39, 0.29) is 5.95 Å². The Kier molecular flexibility index (Phi) is 4.55. The monoisotopic (exact) mass is 267 g/mol. The lowest BCUT2D eigenvalue weighted by atomic mass is 9.76. The summed E-state index contributed by atoms with van der Waals surface area (Å²) in [5.74, 6) is 0.162. The average molecular weight is 267 g/mol. The van der Waals surface area contributed by atoms with Gasteiger partial charge in [0.25, 0.3) is 0 Å². The Morgan fingerprint density at radius 2 is 1.95 bits per heavy atom. The fourth-order valence-electron chi connectivity index (χ4n) is 1.42. The van der Waals surface area contributed by atoms with E-state index in [1.54, 1.807) is 27.7 Å². The van der Waals surface area contributed by atoms with E-state index in [1.807, 2.05) is 6.92 Å². The van der Waals surface area contributed by atoms with Crippen LogP contribution in [0.4, 0.5) is 5.95 Å². The van der Waals surface area contributed by atoms with Crippen LogP contribution in [0.3, 0.4) is 0 Å². The lowest BCUT2D eigenvalue weighted by Gasteiger charge is -2.38. The molecular weight excluding hydrogens is 245 g/mol. The first-order valence-corrected chi connectivity index (χ1v) is 6.28. The Morgan fingerprint density at radius 3 is 2.42 bits per heavy atom. The first kappa shape index (κ1) is 15.9. The lowest BCUT2D eigenvalue weighted by Crippen LogP contribution is -2.53. The van der Waals surface area contributed by atoms with Gasteiger partial charge in [-0.2, -0.15) is 0 Å². The van der Waals surface area contributed by atoms with Crippen molar-refractivity contribution in [3.05, 3.63) is 11.9 Å². The number of aryl methyl sites for hydroxylation is 1. The van der Waals surface area contributed by atoms with Crippen LogP contribution in [0.25, 0.3) is 0 Å². The van der Waals surface area contributed by atoms with Crippen molar-refractivity contribution < 1.29 is 14.8 Å². The predicted octanol–water partition coefficient (Wildman–Crippen LogP) is -0.125. The van der Waals surface area contributed by atoms with Crippen LogP contribution in [0.5, 0.6) is 0 Å². The van der Waals surface area contributed by atoms with Crippen molar-refractivity contribution in [1.29, 1.82) is 0 Å². The van der Waals surface area contributed by atoms with Gasteiger partial charge in [0.2, 0.25) is 5.95 Å². The molecule has 0 fully saturated rings. The van der Waals surface area contributed by atoms with Crippen LogP contribution in [0, 0.1) is 0 Å². The third-order valence-corrected chi connectivity index (χ3v) is 3.40. The number of hydrogen-bond acceptors (Lipinski definition) is 6. The first-order chi connectivity index (χ1) is 8.58. The van der Waals surface area contributed by atoms with Crippen LogP contribution in [-0.4, -0.2) is 38.4 Å². The van der Waals surface area contributed by atoms with E-state index >= 15 is 0 Å². The summed E-state index contributed by atoms with van der Waals surface area (Å²) in [6.07, 6.45) is 2.05. The zero-order chi connectivity index (χ0) is 14.8. The third kappa shape index (κ3) is 3.65. The highest BCUT2D eigenvalue weighted by molar-refractivity contribution is 6.60. The van der Waals surface area contributed by atoms with E-state index < -0.39 is 18.3 Å². The van der Waals surface area contributed by atoms with Crippen molar-refractivity contribution >= 4 is 18.5 Å². The quantitative estimate of drug-likeness (QED) is 0.643. The minimum Gasteiger partial charge on any atom is -0.423 e. The molecule has 19 heavy (non-hydrogen) atoms. The maximum absolute atomic E-state index is 10.2. The van der Waals surface area contributed by atoms with Crippen LogP contribution in [0.1, 0.15) is 40.3 Å². The summed E-state index contributed by atoms with van der Waals surface area (Å²) in [5, 5.41) is 20.2. The molecule has 1 aromatic heterocycles. The number of aliphatic hydroxyl groups is 1. The summed E-state index contributed by atoms with van der Waals surface area (Å²) in [6.45, 7) is 8.57. The summed E-state index contributed by atoms with van der Waals surface area (Å²) in [6, 6.07) is 0. The highest BCUT2D eigenvalue weighted by Crippen LogP contribution is 2.25. The normalized spacial score (nSPS) is 12.6. The Hall–Kier alpha value is -1.18. The van der Waals surface area contributed by atoms with Gasteiger partial charge < -0.3 is 20.5 Å². The smallest absolute Gasteiger partial charge is 0.423 e. The maximum Gasteiger partial charge on any atom is 0.495 e. The fourth-order valence-corrected chi connectivity index (χ4v) is 1.42. The Balaban J connectivity index is 2.99. The standard InChI is InChI=1S/C12H22BN3O3/c1-6-9-8(7-15-10(14)16-9)13(18)19-12(4,5)11(2,3)17/h7,17-18H,6H2,1-5H3,(H2,14,15,16). The number of hydrogen-bond donors (Lipinski definition) is 3. The highest BCUT2D eigenvalue weighted by Gasteiger charge is 2.40. The van der Waals surface area contributed by atoms with Gasteiger partial charge in [-0.05, 0) is 34.1 Å². The lowest BCUT2D eigenvalue weighted by molar-refractivity contribution is -0.0983. The van der Waals surface area contributed by atoms with Crippen LogP contribution in [0.15, 0.2) is 6.20 Å². The molecule has 0 aliphatic rings. The molecule has 106 valence electrons. The molecule has 1 rings (SSSR count). The second-order valence-electron chi connectivity index (χ2n) is 5.52. The predicted molar refractivity (Wildman–Crippen MR) is 74.9 cm³/mol.